The van der Waals surface area contributed by atoms with E-state index in [0.717, 1.165) is 20.8 Å². The maximum absolute atomic E-state index is 5.97. The molecule has 60 valence electrons. The zero-order valence-electron chi connectivity index (χ0n) is 6.22. The van der Waals surface area contributed by atoms with E-state index >= 15 is 0 Å². The molecule has 2 rings (SSSR count). The number of fused-ring (bicyclic) bond motifs is 1. The van der Waals surface area contributed by atoms with Crippen molar-refractivity contribution in [1.82, 2.24) is 0 Å². The molecule has 2 aromatic carbocycles. The maximum Gasteiger partial charge on any atom is 0.0484 e. The molecule has 0 fully saturated rings. The molecule has 0 N–H and O–H groups in total. The Balaban J connectivity index is 2.88. The molecule has 0 nitrogen and oxygen atoms in total. The molecular formula is C10H6Cl2. The number of benzene rings is 2. The molecule has 2 aromatic rings. The van der Waals surface area contributed by atoms with Gasteiger partial charge in [0.25, 0.3) is 0 Å². The van der Waals surface area contributed by atoms with E-state index in [-0.39, 0.29) is 0 Å². The van der Waals surface area contributed by atoms with Gasteiger partial charge in [0, 0.05) is 15.4 Å². The van der Waals surface area contributed by atoms with Gasteiger partial charge in [-0.3, -0.25) is 0 Å². The first-order valence-corrected chi connectivity index (χ1v) is 4.37. The SMILES string of the molecule is Clc1ccc2cccc(Cl)c2c1. The Kier molecular flexibility index (Phi) is 1.95. The summed E-state index contributed by atoms with van der Waals surface area (Å²) in [7, 11) is 0. The largest absolute Gasteiger partial charge is 0.0843 e. The van der Waals surface area contributed by atoms with Crippen molar-refractivity contribution in [3.63, 3.8) is 0 Å². The lowest BCUT2D eigenvalue weighted by Gasteiger charge is -1.99. The minimum Gasteiger partial charge on any atom is -0.0843 e. The lowest BCUT2D eigenvalue weighted by atomic mass is 10.1. The van der Waals surface area contributed by atoms with Gasteiger partial charge in [-0.05, 0) is 23.6 Å². The summed E-state index contributed by atoms with van der Waals surface area (Å²) in [6.45, 7) is 0. The summed E-state index contributed by atoms with van der Waals surface area (Å²) in [6.07, 6.45) is 0. The minimum absolute atomic E-state index is 0.718. The summed E-state index contributed by atoms with van der Waals surface area (Å²) in [5.41, 5.74) is 0. The zero-order chi connectivity index (χ0) is 8.55. The smallest absolute Gasteiger partial charge is 0.0484 e. The molecule has 0 aromatic heterocycles. The molecule has 0 heterocycles. The van der Waals surface area contributed by atoms with Crippen LogP contribution in [0.2, 0.25) is 10.0 Å². The highest BCUT2D eigenvalue weighted by molar-refractivity contribution is 6.36. The van der Waals surface area contributed by atoms with Crippen LogP contribution in [0.15, 0.2) is 36.4 Å². The minimum atomic E-state index is 0.718. The normalized spacial score (nSPS) is 10.5. The van der Waals surface area contributed by atoms with Gasteiger partial charge in [0.05, 0.1) is 0 Å². The van der Waals surface area contributed by atoms with Crippen LogP contribution in [-0.2, 0) is 0 Å². The molecule has 0 saturated heterocycles. The fourth-order valence-electron chi connectivity index (χ4n) is 1.21. The van der Waals surface area contributed by atoms with E-state index < -0.39 is 0 Å². The second-order valence-electron chi connectivity index (χ2n) is 2.61. The highest BCUT2D eigenvalue weighted by Gasteiger charge is 1.97. The average Bonchev–Trinajstić information content (AvgIpc) is 2.07. The summed E-state index contributed by atoms with van der Waals surface area (Å²) in [4.78, 5) is 0. The Morgan fingerprint density at radius 3 is 2.58 bits per heavy atom. The molecule has 0 spiro atoms. The Morgan fingerprint density at radius 2 is 1.75 bits per heavy atom. The predicted molar refractivity (Wildman–Crippen MR) is 54.0 cm³/mol. The third-order valence-corrected chi connectivity index (χ3v) is 2.36. The van der Waals surface area contributed by atoms with E-state index in [1.807, 2.05) is 36.4 Å². The zero-order valence-corrected chi connectivity index (χ0v) is 7.73. The standard InChI is InChI=1S/C10H6Cl2/c11-8-5-4-7-2-1-3-10(12)9(7)6-8/h1-6H. The van der Waals surface area contributed by atoms with Crippen molar-refractivity contribution in [2.24, 2.45) is 0 Å². The Hall–Kier alpha value is -0.720. The second-order valence-corrected chi connectivity index (χ2v) is 3.45. The summed E-state index contributed by atoms with van der Waals surface area (Å²) >= 11 is 11.8. The molecule has 0 radical (unpaired) electrons. The van der Waals surface area contributed by atoms with Gasteiger partial charge in [-0.2, -0.15) is 0 Å². The van der Waals surface area contributed by atoms with Crippen molar-refractivity contribution in [1.29, 1.82) is 0 Å². The molecule has 0 saturated carbocycles. The van der Waals surface area contributed by atoms with Crippen LogP contribution in [0.3, 0.4) is 0 Å². The van der Waals surface area contributed by atoms with Gasteiger partial charge in [0.15, 0.2) is 0 Å². The van der Waals surface area contributed by atoms with Crippen molar-refractivity contribution < 1.29 is 0 Å². The summed E-state index contributed by atoms with van der Waals surface area (Å²) in [6, 6.07) is 11.5. The maximum atomic E-state index is 5.97. The van der Waals surface area contributed by atoms with Gasteiger partial charge in [-0.25, -0.2) is 0 Å². The predicted octanol–water partition coefficient (Wildman–Crippen LogP) is 4.15. The number of hydrogen-bond donors (Lipinski definition) is 0. The number of rotatable bonds is 0. The van der Waals surface area contributed by atoms with Crippen molar-refractivity contribution in [2.75, 3.05) is 0 Å². The Labute approximate surface area is 80.7 Å². The molecule has 0 bridgehead atoms. The highest BCUT2D eigenvalue weighted by Crippen LogP contribution is 2.25. The molecule has 0 atom stereocenters. The van der Waals surface area contributed by atoms with Crippen LogP contribution in [0.25, 0.3) is 10.8 Å². The first-order chi connectivity index (χ1) is 5.77. The quantitative estimate of drug-likeness (QED) is 0.595. The van der Waals surface area contributed by atoms with Crippen LogP contribution in [-0.4, -0.2) is 0 Å². The van der Waals surface area contributed by atoms with Crippen molar-refractivity contribution in [3.8, 4) is 0 Å². The van der Waals surface area contributed by atoms with Gasteiger partial charge < -0.3 is 0 Å². The van der Waals surface area contributed by atoms with Crippen LogP contribution in [0.1, 0.15) is 0 Å². The van der Waals surface area contributed by atoms with E-state index in [4.69, 9.17) is 23.2 Å². The van der Waals surface area contributed by atoms with Crippen molar-refractivity contribution >= 4 is 34.0 Å². The van der Waals surface area contributed by atoms with Crippen LogP contribution >= 0.6 is 23.2 Å². The van der Waals surface area contributed by atoms with Crippen molar-refractivity contribution in [2.45, 2.75) is 0 Å². The van der Waals surface area contributed by atoms with Gasteiger partial charge in [-0.1, -0.05) is 41.4 Å². The van der Waals surface area contributed by atoms with Gasteiger partial charge in [0.1, 0.15) is 0 Å². The first-order valence-electron chi connectivity index (χ1n) is 3.61. The van der Waals surface area contributed by atoms with Crippen LogP contribution in [0, 0.1) is 0 Å². The molecule has 0 aliphatic heterocycles. The van der Waals surface area contributed by atoms with Gasteiger partial charge >= 0.3 is 0 Å². The summed E-state index contributed by atoms with van der Waals surface area (Å²) in [5.74, 6) is 0. The lowest BCUT2D eigenvalue weighted by Crippen LogP contribution is -1.73. The summed E-state index contributed by atoms with van der Waals surface area (Å²) in [5, 5.41) is 3.59. The molecule has 12 heavy (non-hydrogen) atoms. The van der Waals surface area contributed by atoms with Crippen LogP contribution in [0.5, 0.6) is 0 Å². The number of hydrogen-bond acceptors (Lipinski definition) is 0. The van der Waals surface area contributed by atoms with E-state index in [0.29, 0.717) is 0 Å². The summed E-state index contributed by atoms with van der Waals surface area (Å²) < 4.78 is 0. The first kappa shape index (κ1) is 7.90. The monoisotopic (exact) mass is 196 g/mol. The lowest BCUT2D eigenvalue weighted by molar-refractivity contribution is 1.74. The molecule has 0 aliphatic carbocycles. The van der Waals surface area contributed by atoms with Gasteiger partial charge in [0.2, 0.25) is 0 Å². The van der Waals surface area contributed by atoms with Crippen molar-refractivity contribution in [3.05, 3.63) is 46.4 Å². The highest BCUT2D eigenvalue weighted by atomic mass is 35.5. The van der Waals surface area contributed by atoms with E-state index in [1.54, 1.807) is 0 Å². The fourth-order valence-corrected chi connectivity index (χ4v) is 1.62. The fraction of sp³-hybridized carbons (Fsp3) is 0. The second kappa shape index (κ2) is 2.96. The van der Waals surface area contributed by atoms with Gasteiger partial charge in [-0.15, -0.1) is 0 Å². The topological polar surface area (TPSA) is 0 Å². The Bertz CT molecular complexity index is 421. The third kappa shape index (κ3) is 1.28. The van der Waals surface area contributed by atoms with Crippen LogP contribution < -0.4 is 0 Å². The van der Waals surface area contributed by atoms with E-state index in [2.05, 4.69) is 0 Å². The van der Waals surface area contributed by atoms with E-state index in [9.17, 15) is 0 Å². The molecule has 0 aliphatic rings. The molecule has 0 unspecified atom stereocenters. The Morgan fingerprint density at radius 1 is 0.917 bits per heavy atom. The number of halogens is 2. The average molecular weight is 197 g/mol. The molecular weight excluding hydrogens is 191 g/mol. The van der Waals surface area contributed by atoms with Crippen LogP contribution in [0.4, 0.5) is 0 Å². The van der Waals surface area contributed by atoms with E-state index in [1.165, 1.54) is 0 Å². The molecule has 0 amide bonds. The third-order valence-electron chi connectivity index (χ3n) is 1.79. The molecule has 2 heteroatoms.